The van der Waals surface area contributed by atoms with Gasteiger partial charge in [0.05, 0.1) is 11.2 Å². The average Bonchev–Trinajstić information content (AvgIpc) is 2.28. The molecule has 2 nitrogen and oxygen atoms in total. The Morgan fingerprint density at radius 1 is 1.37 bits per heavy atom. The molecule has 19 heavy (non-hydrogen) atoms. The molecule has 102 valence electrons. The van der Waals surface area contributed by atoms with Gasteiger partial charge in [-0.25, -0.2) is 0 Å². The molecule has 4 heteroatoms. The summed E-state index contributed by atoms with van der Waals surface area (Å²) in [6, 6.07) is 5.57. The minimum absolute atomic E-state index is 0.0982. The Bertz CT molecular complexity index is 561. The van der Waals surface area contributed by atoms with E-state index in [1.807, 2.05) is 32.9 Å². The molecule has 1 amide bonds. The van der Waals surface area contributed by atoms with Gasteiger partial charge in [-0.3, -0.25) is 4.79 Å². The van der Waals surface area contributed by atoms with Gasteiger partial charge < -0.3 is 4.90 Å². The molecule has 0 N–H and O–H groups in total. The monoisotopic (exact) mass is 297 g/mol. The minimum atomic E-state index is -0.561. The molecule has 1 aromatic rings. The molecule has 0 saturated carbocycles. The van der Waals surface area contributed by atoms with Crippen molar-refractivity contribution in [3.05, 3.63) is 34.9 Å². The summed E-state index contributed by atoms with van der Waals surface area (Å²) in [5.41, 5.74) is 2.57. The van der Waals surface area contributed by atoms with Gasteiger partial charge in [0.25, 0.3) is 0 Å². The molecule has 1 aliphatic heterocycles. The maximum atomic E-state index is 12.4. The normalized spacial score (nSPS) is 18.6. The molecule has 0 aliphatic carbocycles. The Kier molecular flexibility index (Phi) is 3.67. The highest BCUT2D eigenvalue weighted by Crippen LogP contribution is 2.40. The highest BCUT2D eigenvalue weighted by Gasteiger charge is 2.37. The molecule has 2 rings (SSSR count). The topological polar surface area (TPSA) is 20.3 Å². The van der Waals surface area contributed by atoms with Gasteiger partial charge in [0, 0.05) is 10.6 Å². The smallest absolute Gasteiger partial charge is 0.245 e. The lowest BCUT2D eigenvalue weighted by atomic mass is 9.88. The average molecular weight is 298 g/mol. The number of nitrogens with zero attached hydrogens (tertiary/aromatic N) is 1. The standard InChI is InChI=1S/C15H17Cl2NO/c1-9-8-15(3,4)18(14(19)10(2)16)13-6-5-11(17)7-12(9)13/h5-8,10H,1-4H3/t10-/m0/s1. The molecular weight excluding hydrogens is 281 g/mol. The molecule has 0 unspecified atom stereocenters. The molecule has 0 bridgehead atoms. The van der Waals surface area contributed by atoms with Crippen LogP contribution in [0.15, 0.2) is 24.3 Å². The summed E-state index contributed by atoms with van der Waals surface area (Å²) in [6.45, 7) is 7.74. The second-order valence-corrected chi connectivity index (χ2v) is 6.52. The van der Waals surface area contributed by atoms with Crippen molar-refractivity contribution in [1.82, 2.24) is 0 Å². The number of amides is 1. The van der Waals surface area contributed by atoms with E-state index in [0.29, 0.717) is 5.02 Å². The van der Waals surface area contributed by atoms with E-state index in [9.17, 15) is 4.79 Å². The number of carbonyl (C=O) groups excluding carboxylic acids is 1. The zero-order valence-electron chi connectivity index (χ0n) is 11.5. The number of hydrogen-bond acceptors (Lipinski definition) is 1. The molecule has 0 saturated heterocycles. The number of fused-ring (bicyclic) bond motifs is 1. The van der Waals surface area contributed by atoms with Crippen molar-refractivity contribution < 1.29 is 4.79 Å². The van der Waals surface area contributed by atoms with Crippen molar-refractivity contribution in [3.8, 4) is 0 Å². The number of halogens is 2. The summed E-state index contributed by atoms with van der Waals surface area (Å²) in [7, 11) is 0. The third kappa shape index (κ3) is 2.52. The first kappa shape index (κ1) is 14.4. The molecule has 1 aromatic carbocycles. The number of carbonyl (C=O) groups is 1. The van der Waals surface area contributed by atoms with E-state index in [4.69, 9.17) is 23.2 Å². The van der Waals surface area contributed by atoms with Gasteiger partial charge >= 0.3 is 0 Å². The van der Waals surface area contributed by atoms with Crippen molar-refractivity contribution in [1.29, 1.82) is 0 Å². The predicted octanol–water partition coefficient (Wildman–Crippen LogP) is 4.50. The summed E-state index contributed by atoms with van der Waals surface area (Å²) >= 11 is 12.0. The van der Waals surface area contributed by atoms with Crippen LogP contribution in [0.4, 0.5) is 5.69 Å². The highest BCUT2D eigenvalue weighted by molar-refractivity contribution is 6.33. The fraction of sp³-hybridized carbons (Fsp3) is 0.400. The summed E-state index contributed by atoms with van der Waals surface area (Å²) in [5, 5.41) is 0.104. The van der Waals surface area contributed by atoms with E-state index in [-0.39, 0.29) is 5.91 Å². The van der Waals surface area contributed by atoms with Crippen LogP contribution in [-0.2, 0) is 4.79 Å². The van der Waals surface area contributed by atoms with E-state index < -0.39 is 10.9 Å². The van der Waals surface area contributed by atoms with Crippen LogP contribution in [0.25, 0.3) is 5.57 Å². The number of hydrogen-bond donors (Lipinski definition) is 0. The fourth-order valence-corrected chi connectivity index (χ4v) is 2.85. The zero-order valence-corrected chi connectivity index (χ0v) is 13.0. The first-order valence-electron chi connectivity index (χ1n) is 6.21. The van der Waals surface area contributed by atoms with Gasteiger partial charge in [-0.1, -0.05) is 17.7 Å². The number of allylic oxidation sites excluding steroid dienone is 1. The number of anilines is 1. The minimum Gasteiger partial charge on any atom is -0.301 e. The summed E-state index contributed by atoms with van der Waals surface area (Å²) in [6.07, 6.45) is 2.07. The van der Waals surface area contributed by atoms with Crippen LogP contribution in [0.1, 0.15) is 33.3 Å². The summed E-state index contributed by atoms with van der Waals surface area (Å²) in [4.78, 5) is 14.2. The Balaban J connectivity index is 2.64. The lowest BCUT2D eigenvalue weighted by molar-refractivity contribution is -0.118. The number of alkyl halides is 1. The SMILES string of the molecule is CC1=CC(C)(C)N(C(=O)[C@H](C)Cl)c2ccc(Cl)cc21. The first-order chi connectivity index (χ1) is 8.74. The highest BCUT2D eigenvalue weighted by atomic mass is 35.5. The van der Waals surface area contributed by atoms with E-state index >= 15 is 0 Å². The maximum Gasteiger partial charge on any atom is 0.245 e. The van der Waals surface area contributed by atoms with E-state index in [1.54, 1.807) is 17.9 Å². The van der Waals surface area contributed by atoms with E-state index in [2.05, 4.69) is 6.08 Å². The molecule has 0 fully saturated rings. The number of benzene rings is 1. The van der Waals surface area contributed by atoms with Gasteiger partial charge in [0.2, 0.25) is 5.91 Å². The molecule has 1 atom stereocenters. The maximum absolute atomic E-state index is 12.4. The third-order valence-corrected chi connectivity index (χ3v) is 3.75. The predicted molar refractivity (Wildman–Crippen MR) is 82.0 cm³/mol. The summed E-state index contributed by atoms with van der Waals surface area (Å²) < 4.78 is 0. The van der Waals surface area contributed by atoms with Crippen LogP contribution in [-0.4, -0.2) is 16.8 Å². The van der Waals surface area contributed by atoms with E-state index in [0.717, 1.165) is 16.8 Å². The third-order valence-electron chi connectivity index (χ3n) is 3.33. The van der Waals surface area contributed by atoms with Crippen LogP contribution in [0.2, 0.25) is 5.02 Å². The fourth-order valence-electron chi connectivity index (χ4n) is 2.58. The van der Waals surface area contributed by atoms with Crippen LogP contribution in [0.3, 0.4) is 0 Å². The Labute approximate surface area is 124 Å². The Morgan fingerprint density at radius 2 is 2.00 bits per heavy atom. The van der Waals surface area contributed by atoms with Crippen molar-refractivity contribution >= 4 is 40.4 Å². The lowest BCUT2D eigenvalue weighted by Crippen LogP contribution is -2.51. The van der Waals surface area contributed by atoms with Gasteiger partial charge in [0.1, 0.15) is 5.38 Å². The zero-order chi connectivity index (χ0) is 14.4. The molecule has 1 heterocycles. The number of rotatable bonds is 1. The van der Waals surface area contributed by atoms with Crippen LogP contribution in [0.5, 0.6) is 0 Å². The molecule has 0 spiro atoms. The van der Waals surface area contributed by atoms with Crippen LogP contribution >= 0.6 is 23.2 Å². The quantitative estimate of drug-likeness (QED) is 0.699. The van der Waals surface area contributed by atoms with Crippen LogP contribution in [0, 0.1) is 0 Å². The molecule has 0 aromatic heterocycles. The lowest BCUT2D eigenvalue weighted by Gasteiger charge is -2.42. The first-order valence-corrected chi connectivity index (χ1v) is 7.03. The van der Waals surface area contributed by atoms with Crippen molar-refractivity contribution in [3.63, 3.8) is 0 Å². The molecular formula is C15H17Cl2NO. The Morgan fingerprint density at radius 3 is 2.58 bits per heavy atom. The summed E-state index contributed by atoms with van der Waals surface area (Å²) in [5.74, 6) is -0.0982. The molecule has 1 aliphatic rings. The second kappa shape index (κ2) is 4.84. The van der Waals surface area contributed by atoms with Gasteiger partial charge in [0.15, 0.2) is 0 Å². The Hall–Kier alpha value is -0.990. The molecule has 0 radical (unpaired) electrons. The van der Waals surface area contributed by atoms with Gasteiger partial charge in [-0.2, -0.15) is 0 Å². The van der Waals surface area contributed by atoms with Crippen LogP contribution < -0.4 is 4.90 Å². The van der Waals surface area contributed by atoms with E-state index in [1.165, 1.54) is 0 Å². The van der Waals surface area contributed by atoms with Crippen molar-refractivity contribution in [2.45, 2.75) is 38.6 Å². The largest absolute Gasteiger partial charge is 0.301 e. The van der Waals surface area contributed by atoms with Gasteiger partial charge in [-0.05, 0) is 51.5 Å². The van der Waals surface area contributed by atoms with Crippen molar-refractivity contribution in [2.75, 3.05) is 4.90 Å². The second-order valence-electron chi connectivity index (χ2n) is 5.43. The van der Waals surface area contributed by atoms with Gasteiger partial charge in [-0.15, -0.1) is 11.6 Å². The van der Waals surface area contributed by atoms with Crippen molar-refractivity contribution in [2.24, 2.45) is 0 Å².